The highest BCUT2D eigenvalue weighted by molar-refractivity contribution is 5.77. The quantitative estimate of drug-likeness (QED) is 0.833. The number of carboxylic acid groups (broad SMARTS) is 1. The number of amides is 2. The highest BCUT2D eigenvalue weighted by Crippen LogP contribution is 2.23. The summed E-state index contributed by atoms with van der Waals surface area (Å²) in [7, 11) is 0. The van der Waals surface area contributed by atoms with E-state index in [-0.39, 0.29) is 26.3 Å². The molecule has 0 aliphatic carbocycles. The van der Waals surface area contributed by atoms with Gasteiger partial charge in [0.15, 0.2) is 0 Å². The number of aliphatic carboxylic acids is 1. The molecular weight excluding hydrogens is 293 g/mol. The molecule has 9 heteroatoms. The molecule has 0 aromatic rings. The predicted molar refractivity (Wildman–Crippen MR) is 66.8 cm³/mol. The number of carbonyl (C=O) groups excluding carboxylic acids is 1. The number of rotatable bonds is 5. The molecule has 1 heterocycles. The van der Waals surface area contributed by atoms with E-state index in [9.17, 15) is 22.8 Å². The highest BCUT2D eigenvalue weighted by Gasteiger charge is 2.42. The topological polar surface area (TPSA) is 70.1 Å². The second-order valence-corrected chi connectivity index (χ2v) is 4.75. The third-order valence-corrected chi connectivity index (χ3v) is 3.38. The number of carboxylic acids is 1. The largest absolute Gasteiger partial charge is 0.481 e. The first-order valence-corrected chi connectivity index (χ1v) is 6.64. The molecule has 0 bridgehead atoms. The second kappa shape index (κ2) is 6.97. The normalized spacial score (nSPS) is 22.1. The smallest absolute Gasteiger partial charge is 0.406 e. The van der Waals surface area contributed by atoms with Crippen molar-refractivity contribution in [2.75, 3.05) is 32.8 Å². The molecule has 1 N–H and O–H groups in total. The van der Waals surface area contributed by atoms with E-state index >= 15 is 0 Å². The van der Waals surface area contributed by atoms with Crippen LogP contribution in [-0.2, 0) is 9.53 Å². The summed E-state index contributed by atoms with van der Waals surface area (Å²) in [6, 6.07) is -1.57. The number of likely N-dealkylation sites (N-methyl/N-ethyl adjacent to an activating group) is 1. The third-order valence-electron chi connectivity index (χ3n) is 3.38. The van der Waals surface area contributed by atoms with Crippen molar-refractivity contribution < 1.29 is 32.6 Å². The Balaban J connectivity index is 2.87. The summed E-state index contributed by atoms with van der Waals surface area (Å²) in [5.74, 6) is -2.04. The summed E-state index contributed by atoms with van der Waals surface area (Å²) in [4.78, 5) is 25.1. The number of halogens is 3. The maximum atomic E-state index is 12.5. The first-order chi connectivity index (χ1) is 9.71. The second-order valence-electron chi connectivity index (χ2n) is 4.75. The van der Waals surface area contributed by atoms with E-state index in [1.54, 1.807) is 6.92 Å². The lowest BCUT2D eigenvalue weighted by Gasteiger charge is -2.34. The Kier molecular flexibility index (Phi) is 5.82. The van der Waals surface area contributed by atoms with Crippen molar-refractivity contribution in [1.82, 2.24) is 9.80 Å². The van der Waals surface area contributed by atoms with Crippen molar-refractivity contribution >= 4 is 12.0 Å². The molecule has 21 heavy (non-hydrogen) atoms. The number of urea groups is 1. The zero-order valence-electron chi connectivity index (χ0n) is 11.9. The van der Waals surface area contributed by atoms with Crippen LogP contribution in [0.15, 0.2) is 0 Å². The molecule has 1 aliphatic rings. The van der Waals surface area contributed by atoms with Gasteiger partial charge in [0, 0.05) is 13.1 Å². The monoisotopic (exact) mass is 312 g/mol. The average Bonchev–Trinajstić information content (AvgIpc) is 2.85. The van der Waals surface area contributed by atoms with Crippen LogP contribution in [0.5, 0.6) is 0 Å². The van der Waals surface area contributed by atoms with Gasteiger partial charge in [0.05, 0.1) is 19.3 Å². The van der Waals surface area contributed by atoms with Crippen LogP contribution in [-0.4, -0.2) is 72.0 Å². The SMILES string of the molecule is CCN(CC(F)(F)F)C(=O)N(CC)C1COCC1C(=O)O. The number of hydrogen-bond acceptors (Lipinski definition) is 3. The molecule has 0 saturated carbocycles. The molecule has 122 valence electrons. The van der Waals surface area contributed by atoms with Crippen LogP contribution in [0.3, 0.4) is 0 Å². The fourth-order valence-electron chi connectivity index (χ4n) is 2.31. The molecule has 2 atom stereocenters. The van der Waals surface area contributed by atoms with E-state index in [4.69, 9.17) is 9.84 Å². The highest BCUT2D eigenvalue weighted by atomic mass is 19.4. The van der Waals surface area contributed by atoms with Gasteiger partial charge in [0.1, 0.15) is 12.5 Å². The fraction of sp³-hybridized carbons (Fsp3) is 0.833. The van der Waals surface area contributed by atoms with Crippen LogP contribution in [0, 0.1) is 5.92 Å². The van der Waals surface area contributed by atoms with Gasteiger partial charge >= 0.3 is 18.2 Å². The minimum absolute atomic E-state index is 0.0140. The van der Waals surface area contributed by atoms with E-state index in [0.29, 0.717) is 4.90 Å². The number of hydrogen-bond donors (Lipinski definition) is 1. The third kappa shape index (κ3) is 4.48. The van der Waals surface area contributed by atoms with Crippen molar-refractivity contribution in [3.05, 3.63) is 0 Å². The van der Waals surface area contributed by atoms with Crippen molar-refractivity contribution in [2.24, 2.45) is 5.92 Å². The van der Waals surface area contributed by atoms with E-state index in [2.05, 4.69) is 0 Å². The average molecular weight is 312 g/mol. The molecule has 0 aromatic heterocycles. The molecule has 0 radical (unpaired) electrons. The molecule has 1 aliphatic heterocycles. The van der Waals surface area contributed by atoms with Crippen molar-refractivity contribution in [3.63, 3.8) is 0 Å². The van der Waals surface area contributed by atoms with Gasteiger partial charge in [-0.05, 0) is 13.8 Å². The first kappa shape index (κ1) is 17.5. The minimum Gasteiger partial charge on any atom is -0.481 e. The summed E-state index contributed by atoms with van der Waals surface area (Å²) in [6.07, 6.45) is -4.50. The predicted octanol–water partition coefficient (Wildman–Crippen LogP) is 1.41. The summed E-state index contributed by atoms with van der Waals surface area (Å²) >= 11 is 0. The summed E-state index contributed by atoms with van der Waals surface area (Å²) < 4.78 is 42.5. The van der Waals surface area contributed by atoms with Crippen molar-refractivity contribution in [3.8, 4) is 0 Å². The maximum absolute atomic E-state index is 12.5. The Morgan fingerprint density at radius 1 is 1.24 bits per heavy atom. The van der Waals surface area contributed by atoms with Gasteiger partial charge in [-0.3, -0.25) is 4.79 Å². The lowest BCUT2D eigenvalue weighted by molar-refractivity contribution is -0.145. The van der Waals surface area contributed by atoms with Crippen LogP contribution in [0.2, 0.25) is 0 Å². The van der Waals surface area contributed by atoms with E-state index in [0.717, 1.165) is 4.90 Å². The standard InChI is InChI=1S/C12H19F3N2O4/c1-3-16(7-12(13,14)15)11(20)17(4-2)9-6-21-5-8(9)10(18)19/h8-9H,3-7H2,1-2H3,(H,18,19). The first-order valence-electron chi connectivity index (χ1n) is 6.64. The molecule has 1 fully saturated rings. The molecule has 0 spiro atoms. The summed E-state index contributed by atoms with van der Waals surface area (Å²) in [5.41, 5.74) is 0. The number of alkyl halides is 3. The van der Waals surface area contributed by atoms with Gasteiger partial charge in [-0.15, -0.1) is 0 Å². The Morgan fingerprint density at radius 3 is 2.29 bits per heavy atom. The molecule has 1 rings (SSSR count). The van der Waals surface area contributed by atoms with Crippen LogP contribution < -0.4 is 0 Å². The number of carbonyl (C=O) groups is 2. The van der Waals surface area contributed by atoms with Crippen LogP contribution >= 0.6 is 0 Å². The maximum Gasteiger partial charge on any atom is 0.406 e. The Labute approximate surface area is 120 Å². The van der Waals surface area contributed by atoms with Crippen LogP contribution in [0.1, 0.15) is 13.8 Å². The molecule has 2 unspecified atom stereocenters. The molecular formula is C12H19F3N2O4. The van der Waals surface area contributed by atoms with E-state index < -0.39 is 36.7 Å². The number of ether oxygens (including phenoxy) is 1. The Morgan fingerprint density at radius 2 is 1.86 bits per heavy atom. The van der Waals surface area contributed by atoms with Gasteiger partial charge < -0.3 is 19.6 Å². The van der Waals surface area contributed by atoms with Gasteiger partial charge in [0.25, 0.3) is 0 Å². The lowest BCUT2D eigenvalue weighted by Crippen LogP contribution is -2.53. The van der Waals surface area contributed by atoms with Crippen molar-refractivity contribution in [2.45, 2.75) is 26.1 Å². The summed E-state index contributed by atoms with van der Waals surface area (Å²) in [5, 5.41) is 9.08. The van der Waals surface area contributed by atoms with Crippen LogP contribution in [0.4, 0.5) is 18.0 Å². The number of nitrogens with zero attached hydrogens (tertiary/aromatic N) is 2. The van der Waals surface area contributed by atoms with Gasteiger partial charge in [0.2, 0.25) is 0 Å². The Bertz CT molecular complexity index is 389. The van der Waals surface area contributed by atoms with Crippen LogP contribution in [0.25, 0.3) is 0 Å². The molecule has 1 saturated heterocycles. The Hall–Kier alpha value is -1.51. The zero-order valence-corrected chi connectivity index (χ0v) is 11.9. The van der Waals surface area contributed by atoms with Crippen molar-refractivity contribution in [1.29, 1.82) is 0 Å². The van der Waals surface area contributed by atoms with Gasteiger partial charge in [-0.25, -0.2) is 4.79 Å². The zero-order chi connectivity index (χ0) is 16.2. The molecule has 6 nitrogen and oxygen atoms in total. The summed E-state index contributed by atoms with van der Waals surface area (Å²) in [6.45, 7) is 1.65. The lowest BCUT2D eigenvalue weighted by atomic mass is 10.0. The molecule has 2 amide bonds. The minimum atomic E-state index is -4.50. The van der Waals surface area contributed by atoms with E-state index in [1.807, 2.05) is 0 Å². The fourth-order valence-corrected chi connectivity index (χ4v) is 2.31. The van der Waals surface area contributed by atoms with Gasteiger partial charge in [-0.1, -0.05) is 0 Å². The molecule has 0 aromatic carbocycles. The van der Waals surface area contributed by atoms with E-state index in [1.165, 1.54) is 6.92 Å². The van der Waals surface area contributed by atoms with Gasteiger partial charge in [-0.2, -0.15) is 13.2 Å².